The van der Waals surface area contributed by atoms with Gasteiger partial charge in [-0.25, -0.2) is 0 Å². The van der Waals surface area contributed by atoms with Crippen LogP contribution >= 0.6 is 11.6 Å². The van der Waals surface area contributed by atoms with E-state index in [4.69, 9.17) is 11.6 Å². The molecule has 1 atom stereocenters. The minimum Gasteiger partial charge on any atom is -0.346 e. The Morgan fingerprint density at radius 1 is 1.47 bits per heavy atom. The summed E-state index contributed by atoms with van der Waals surface area (Å²) in [5, 5.41) is 2.06. The highest BCUT2D eigenvalue weighted by Gasteiger charge is 2.27. The van der Waals surface area contributed by atoms with Gasteiger partial charge in [0.15, 0.2) is 0 Å². The number of rotatable bonds is 2. The van der Waals surface area contributed by atoms with Crippen LogP contribution in [-0.4, -0.2) is 10.9 Å². The van der Waals surface area contributed by atoms with Gasteiger partial charge in [0.2, 0.25) is 0 Å². The molecule has 0 spiro atoms. The summed E-state index contributed by atoms with van der Waals surface area (Å²) in [5.74, 6) is 0.364. The first-order valence-electron chi connectivity index (χ1n) is 6.84. The molecule has 0 bridgehead atoms. The summed E-state index contributed by atoms with van der Waals surface area (Å²) in [6.45, 7) is 2.07. The fourth-order valence-electron chi connectivity index (χ4n) is 3.52. The molecule has 1 aliphatic carbocycles. The molecule has 1 aromatic heterocycles. The number of aromatic nitrogens is 1. The Bertz CT molecular complexity index is 657. The molecule has 1 aromatic carbocycles. The second-order valence-electron chi connectivity index (χ2n) is 5.55. The van der Waals surface area contributed by atoms with E-state index in [2.05, 4.69) is 24.6 Å². The molecular weight excluding hydrogens is 258 g/mol. The largest absolute Gasteiger partial charge is 0.346 e. The molecule has 0 saturated heterocycles. The first-order chi connectivity index (χ1) is 9.13. The Labute approximate surface area is 118 Å². The van der Waals surface area contributed by atoms with Crippen molar-refractivity contribution in [2.45, 2.75) is 38.5 Å². The van der Waals surface area contributed by atoms with E-state index in [0.29, 0.717) is 12.3 Å². The standard InChI is InChI=1S/C16H18ClNO/c1-10-8-12-15-11(6-7-19)4-3-5-14(15)18(2)16(12)13(17)9-10/h7-9,11H,3-6H2,1-2H3/t11-/m1/s1. The average molecular weight is 276 g/mol. The number of fused-ring (bicyclic) bond motifs is 3. The SMILES string of the molecule is Cc1cc(Cl)c2c(c1)c1c(n2C)CCC[C@@H]1CC=O. The Balaban J connectivity index is 2.34. The number of carbonyl (C=O) groups is 1. The van der Waals surface area contributed by atoms with E-state index < -0.39 is 0 Å². The smallest absolute Gasteiger partial charge is 0.120 e. The molecule has 2 nitrogen and oxygen atoms in total. The molecule has 2 aromatic rings. The summed E-state index contributed by atoms with van der Waals surface area (Å²) >= 11 is 6.42. The number of hydrogen-bond acceptors (Lipinski definition) is 1. The van der Waals surface area contributed by atoms with Gasteiger partial charge in [0.25, 0.3) is 0 Å². The number of aldehydes is 1. The third-order valence-electron chi connectivity index (χ3n) is 4.30. The van der Waals surface area contributed by atoms with Crippen LogP contribution in [0.15, 0.2) is 12.1 Å². The molecule has 0 radical (unpaired) electrons. The van der Waals surface area contributed by atoms with E-state index in [9.17, 15) is 4.79 Å². The van der Waals surface area contributed by atoms with E-state index in [1.807, 2.05) is 6.07 Å². The summed E-state index contributed by atoms with van der Waals surface area (Å²) in [4.78, 5) is 10.9. The van der Waals surface area contributed by atoms with Gasteiger partial charge < -0.3 is 9.36 Å². The quantitative estimate of drug-likeness (QED) is 0.755. The van der Waals surface area contributed by atoms with E-state index in [-0.39, 0.29) is 0 Å². The second kappa shape index (κ2) is 4.68. The first kappa shape index (κ1) is 12.7. The van der Waals surface area contributed by atoms with Crippen molar-refractivity contribution in [3.05, 3.63) is 34.0 Å². The molecule has 0 unspecified atom stereocenters. The minimum atomic E-state index is 0.364. The molecule has 0 fully saturated rings. The summed E-state index contributed by atoms with van der Waals surface area (Å²) in [6, 6.07) is 4.23. The van der Waals surface area contributed by atoms with Gasteiger partial charge in [-0.1, -0.05) is 11.6 Å². The molecule has 1 aliphatic rings. The lowest BCUT2D eigenvalue weighted by Gasteiger charge is -2.22. The average Bonchev–Trinajstić information content (AvgIpc) is 2.65. The van der Waals surface area contributed by atoms with Gasteiger partial charge in [0.05, 0.1) is 10.5 Å². The van der Waals surface area contributed by atoms with Gasteiger partial charge in [-0.05, 0) is 55.4 Å². The third-order valence-corrected chi connectivity index (χ3v) is 4.59. The second-order valence-corrected chi connectivity index (χ2v) is 5.96. The van der Waals surface area contributed by atoms with Gasteiger partial charge in [-0.2, -0.15) is 0 Å². The lowest BCUT2D eigenvalue weighted by Crippen LogP contribution is -2.11. The predicted molar refractivity (Wildman–Crippen MR) is 79.0 cm³/mol. The van der Waals surface area contributed by atoms with Crippen LogP contribution < -0.4 is 0 Å². The number of hydrogen-bond donors (Lipinski definition) is 0. The topological polar surface area (TPSA) is 22.0 Å². The van der Waals surface area contributed by atoms with Crippen molar-refractivity contribution in [2.24, 2.45) is 7.05 Å². The van der Waals surface area contributed by atoms with E-state index in [1.54, 1.807) is 0 Å². The van der Waals surface area contributed by atoms with Crippen LogP contribution in [0.25, 0.3) is 10.9 Å². The van der Waals surface area contributed by atoms with Crippen molar-refractivity contribution < 1.29 is 4.79 Å². The van der Waals surface area contributed by atoms with Crippen LogP contribution in [0.1, 0.15) is 42.0 Å². The molecule has 19 heavy (non-hydrogen) atoms. The predicted octanol–water partition coefficient (Wildman–Crippen LogP) is 4.15. The lowest BCUT2D eigenvalue weighted by molar-refractivity contribution is -0.108. The maximum atomic E-state index is 10.9. The number of halogens is 1. The van der Waals surface area contributed by atoms with Crippen LogP contribution in [0.5, 0.6) is 0 Å². The van der Waals surface area contributed by atoms with Crippen molar-refractivity contribution in [3.63, 3.8) is 0 Å². The van der Waals surface area contributed by atoms with Gasteiger partial charge in [-0.3, -0.25) is 0 Å². The number of aryl methyl sites for hydroxylation is 2. The van der Waals surface area contributed by atoms with Gasteiger partial charge in [-0.15, -0.1) is 0 Å². The summed E-state index contributed by atoms with van der Waals surface area (Å²) < 4.78 is 2.23. The molecule has 3 rings (SSSR count). The molecule has 1 heterocycles. The Morgan fingerprint density at radius 2 is 2.26 bits per heavy atom. The molecule has 100 valence electrons. The van der Waals surface area contributed by atoms with Crippen LogP contribution in [0, 0.1) is 6.92 Å². The maximum absolute atomic E-state index is 10.9. The number of benzene rings is 1. The highest BCUT2D eigenvalue weighted by atomic mass is 35.5. The van der Waals surface area contributed by atoms with E-state index in [0.717, 1.165) is 36.1 Å². The van der Waals surface area contributed by atoms with Crippen LogP contribution in [-0.2, 0) is 18.3 Å². The van der Waals surface area contributed by atoms with Crippen LogP contribution in [0.4, 0.5) is 0 Å². The molecule has 0 saturated carbocycles. The molecule has 0 amide bonds. The zero-order valence-electron chi connectivity index (χ0n) is 11.4. The van der Waals surface area contributed by atoms with Gasteiger partial charge >= 0.3 is 0 Å². The van der Waals surface area contributed by atoms with Crippen molar-refractivity contribution >= 4 is 28.8 Å². The molecule has 3 heteroatoms. The normalized spacial score (nSPS) is 18.6. The third kappa shape index (κ3) is 1.90. The monoisotopic (exact) mass is 275 g/mol. The highest BCUT2D eigenvalue weighted by Crippen LogP contribution is 2.42. The maximum Gasteiger partial charge on any atom is 0.120 e. The Hall–Kier alpha value is -1.28. The summed E-state index contributed by atoms with van der Waals surface area (Å²) in [5.41, 5.74) is 5.03. The van der Waals surface area contributed by atoms with E-state index >= 15 is 0 Å². The molecule has 0 aliphatic heterocycles. The number of carbonyl (C=O) groups excluding carboxylic acids is 1. The van der Waals surface area contributed by atoms with Crippen molar-refractivity contribution in [3.8, 4) is 0 Å². The zero-order valence-corrected chi connectivity index (χ0v) is 12.1. The minimum absolute atomic E-state index is 0.364. The Kier molecular flexibility index (Phi) is 3.14. The first-order valence-corrected chi connectivity index (χ1v) is 7.22. The van der Waals surface area contributed by atoms with Crippen molar-refractivity contribution in [1.29, 1.82) is 0 Å². The summed E-state index contributed by atoms with van der Waals surface area (Å²) in [7, 11) is 2.09. The highest BCUT2D eigenvalue weighted by molar-refractivity contribution is 6.35. The van der Waals surface area contributed by atoms with Crippen molar-refractivity contribution in [1.82, 2.24) is 4.57 Å². The van der Waals surface area contributed by atoms with Crippen LogP contribution in [0.2, 0.25) is 5.02 Å². The fourth-order valence-corrected chi connectivity index (χ4v) is 3.92. The zero-order chi connectivity index (χ0) is 13.6. The van der Waals surface area contributed by atoms with Crippen LogP contribution in [0.3, 0.4) is 0 Å². The number of nitrogens with zero attached hydrogens (tertiary/aromatic N) is 1. The summed E-state index contributed by atoms with van der Waals surface area (Å²) in [6.07, 6.45) is 5.03. The Morgan fingerprint density at radius 3 is 3.00 bits per heavy atom. The van der Waals surface area contributed by atoms with E-state index in [1.165, 1.54) is 22.2 Å². The van der Waals surface area contributed by atoms with Gasteiger partial charge in [0.1, 0.15) is 6.29 Å². The van der Waals surface area contributed by atoms with Gasteiger partial charge in [0, 0.05) is 24.5 Å². The van der Waals surface area contributed by atoms with Crippen molar-refractivity contribution in [2.75, 3.05) is 0 Å². The lowest BCUT2D eigenvalue weighted by atomic mass is 9.83. The fraction of sp³-hybridized carbons (Fsp3) is 0.438. The molecular formula is C16H18ClNO. The molecule has 0 N–H and O–H groups in total.